The third kappa shape index (κ3) is 3.45. The summed E-state index contributed by atoms with van der Waals surface area (Å²) in [6.07, 6.45) is 1.89. The SMILES string of the molecule is CCCCN1C(=O)COc2ccc(NC(=O)c3sc4ccccc4c3Cl)cc21. The second kappa shape index (κ2) is 7.81. The second-order valence-corrected chi connectivity index (χ2v) is 8.00. The molecule has 3 aromatic rings. The molecule has 0 unspecified atom stereocenters. The Kier molecular flexibility index (Phi) is 5.24. The number of benzene rings is 2. The van der Waals surface area contributed by atoms with Crippen molar-refractivity contribution in [3.8, 4) is 5.75 Å². The molecule has 0 radical (unpaired) electrons. The average Bonchev–Trinajstić information content (AvgIpc) is 3.04. The maximum absolute atomic E-state index is 12.8. The smallest absolute Gasteiger partial charge is 0.267 e. The van der Waals surface area contributed by atoms with Gasteiger partial charge in [0.05, 0.1) is 10.7 Å². The van der Waals surface area contributed by atoms with E-state index in [9.17, 15) is 9.59 Å². The Bertz CT molecular complexity index is 1060. The molecule has 144 valence electrons. The molecule has 0 spiro atoms. The number of nitrogens with one attached hydrogen (secondary N) is 1. The van der Waals surface area contributed by atoms with Gasteiger partial charge in [-0.1, -0.05) is 43.1 Å². The van der Waals surface area contributed by atoms with Crippen LogP contribution in [0.5, 0.6) is 5.75 Å². The predicted molar refractivity (Wildman–Crippen MR) is 114 cm³/mol. The molecule has 1 aliphatic heterocycles. The number of hydrogen-bond acceptors (Lipinski definition) is 4. The van der Waals surface area contributed by atoms with E-state index in [2.05, 4.69) is 12.2 Å². The topological polar surface area (TPSA) is 58.6 Å². The summed E-state index contributed by atoms with van der Waals surface area (Å²) in [6.45, 7) is 2.75. The quantitative estimate of drug-likeness (QED) is 0.613. The van der Waals surface area contributed by atoms with Gasteiger partial charge in [-0.05, 0) is 30.7 Å². The van der Waals surface area contributed by atoms with E-state index < -0.39 is 0 Å². The summed E-state index contributed by atoms with van der Waals surface area (Å²) in [5.74, 6) is 0.305. The highest BCUT2D eigenvalue weighted by Crippen LogP contribution is 2.37. The monoisotopic (exact) mass is 414 g/mol. The van der Waals surface area contributed by atoms with Crippen LogP contribution < -0.4 is 15.0 Å². The van der Waals surface area contributed by atoms with E-state index in [1.165, 1.54) is 11.3 Å². The Morgan fingerprint density at radius 1 is 1.29 bits per heavy atom. The van der Waals surface area contributed by atoms with E-state index in [4.69, 9.17) is 16.3 Å². The number of carbonyl (C=O) groups is 2. The van der Waals surface area contributed by atoms with Gasteiger partial charge in [0, 0.05) is 22.3 Å². The first-order valence-corrected chi connectivity index (χ1v) is 10.3. The van der Waals surface area contributed by atoms with E-state index >= 15 is 0 Å². The molecule has 4 rings (SSSR count). The molecule has 1 N–H and O–H groups in total. The fourth-order valence-electron chi connectivity index (χ4n) is 3.19. The van der Waals surface area contributed by atoms with E-state index in [1.54, 1.807) is 23.1 Å². The summed E-state index contributed by atoms with van der Waals surface area (Å²) in [7, 11) is 0. The number of nitrogens with zero attached hydrogens (tertiary/aromatic N) is 1. The Morgan fingerprint density at radius 3 is 2.89 bits per heavy atom. The first kappa shape index (κ1) is 18.8. The molecule has 0 saturated heterocycles. The van der Waals surface area contributed by atoms with E-state index in [0.717, 1.165) is 22.9 Å². The lowest BCUT2D eigenvalue weighted by Gasteiger charge is -2.29. The van der Waals surface area contributed by atoms with E-state index in [0.29, 0.717) is 33.6 Å². The van der Waals surface area contributed by atoms with Crippen LogP contribution in [0.4, 0.5) is 11.4 Å². The van der Waals surface area contributed by atoms with Crippen molar-refractivity contribution in [2.45, 2.75) is 19.8 Å². The zero-order chi connectivity index (χ0) is 19.7. The molecule has 7 heteroatoms. The van der Waals surface area contributed by atoms with Gasteiger partial charge in [-0.15, -0.1) is 11.3 Å². The summed E-state index contributed by atoms with van der Waals surface area (Å²) in [6, 6.07) is 13.0. The van der Waals surface area contributed by atoms with Gasteiger partial charge >= 0.3 is 0 Å². The molecule has 28 heavy (non-hydrogen) atoms. The number of thiophene rings is 1. The van der Waals surface area contributed by atoms with Crippen molar-refractivity contribution in [2.24, 2.45) is 0 Å². The molecule has 0 atom stereocenters. The van der Waals surface area contributed by atoms with Crippen molar-refractivity contribution in [2.75, 3.05) is 23.4 Å². The molecule has 5 nitrogen and oxygen atoms in total. The van der Waals surface area contributed by atoms with Gasteiger partial charge in [0.1, 0.15) is 10.6 Å². The molecule has 0 saturated carbocycles. The number of anilines is 2. The fourth-order valence-corrected chi connectivity index (χ4v) is 4.60. The van der Waals surface area contributed by atoms with E-state index in [1.807, 2.05) is 24.3 Å². The highest BCUT2D eigenvalue weighted by atomic mass is 35.5. The van der Waals surface area contributed by atoms with Gasteiger partial charge in [0.25, 0.3) is 11.8 Å². The van der Waals surface area contributed by atoms with Gasteiger partial charge in [-0.25, -0.2) is 0 Å². The maximum Gasteiger partial charge on any atom is 0.267 e. The van der Waals surface area contributed by atoms with Crippen LogP contribution in [-0.2, 0) is 4.79 Å². The van der Waals surface area contributed by atoms with Crippen molar-refractivity contribution in [3.63, 3.8) is 0 Å². The maximum atomic E-state index is 12.8. The first-order valence-electron chi connectivity index (χ1n) is 9.14. The van der Waals surface area contributed by atoms with Crippen LogP contribution in [0, 0.1) is 0 Å². The highest BCUT2D eigenvalue weighted by molar-refractivity contribution is 7.21. The van der Waals surface area contributed by atoms with Crippen molar-refractivity contribution in [1.29, 1.82) is 0 Å². The fraction of sp³-hybridized carbons (Fsp3) is 0.238. The lowest BCUT2D eigenvalue weighted by molar-refractivity contribution is -0.121. The van der Waals surface area contributed by atoms with Gasteiger partial charge in [0.15, 0.2) is 6.61 Å². The predicted octanol–water partition coefficient (Wildman–Crippen LogP) is 5.33. The number of ether oxygens (including phenoxy) is 1. The Labute approximate surface area is 171 Å². The van der Waals surface area contributed by atoms with Gasteiger partial charge < -0.3 is 15.0 Å². The highest BCUT2D eigenvalue weighted by Gasteiger charge is 2.26. The van der Waals surface area contributed by atoms with Crippen molar-refractivity contribution < 1.29 is 14.3 Å². The Balaban J connectivity index is 1.61. The van der Waals surface area contributed by atoms with Crippen molar-refractivity contribution >= 4 is 56.2 Å². The second-order valence-electron chi connectivity index (χ2n) is 6.57. The van der Waals surface area contributed by atoms with Crippen LogP contribution in [0.25, 0.3) is 10.1 Å². The third-order valence-corrected chi connectivity index (χ3v) is 6.31. The van der Waals surface area contributed by atoms with Crippen molar-refractivity contribution in [3.05, 3.63) is 52.4 Å². The Morgan fingerprint density at radius 2 is 2.11 bits per heavy atom. The minimum atomic E-state index is -0.269. The number of hydrogen-bond donors (Lipinski definition) is 1. The summed E-state index contributed by atoms with van der Waals surface area (Å²) in [4.78, 5) is 27.2. The number of halogens is 1. The third-order valence-electron chi connectivity index (χ3n) is 4.64. The molecule has 1 aromatic heterocycles. The zero-order valence-electron chi connectivity index (χ0n) is 15.3. The van der Waals surface area contributed by atoms with Crippen LogP contribution in [0.2, 0.25) is 5.02 Å². The molecule has 0 fully saturated rings. The molecular formula is C21H19ClN2O3S. The van der Waals surface area contributed by atoms with Gasteiger partial charge in [-0.3, -0.25) is 9.59 Å². The first-order chi connectivity index (χ1) is 13.6. The van der Waals surface area contributed by atoms with Crippen LogP contribution in [0.1, 0.15) is 29.4 Å². The molecular weight excluding hydrogens is 396 g/mol. The van der Waals surface area contributed by atoms with Crippen LogP contribution in [-0.4, -0.2) is 25.0 Å². The molecule has 2 amide bonds. The van der Waals surface area contributed by atoms with Crippen LogP contribution in [0.3, 0.4) is 0 Å². The zero-order valence-corrected chi connectivity index (χ0v) is 16.9. The summed E-state index contributed by atoms with van der Waals surface area (Å²) in [5.41, 5.74) is 1.28. The molecule has 0 bridgehead atoms. The van der Waals surface area contributed by atoms with Gasteiger partial charge in [-0.2, -0.15) is 0 Å². The summed E-state index contributed by atoms with van der Waals surface area (Å²) in [5, 5.41) is 4.22. The average molecular weight is 415 g/mol. The van der Waals surface area contributed by atoms with E-state index in [-0.39, 0.29) is 18.4 Å². The minimum absolute atomic E-state index is 0.0415. The number of amides is 2. The molecule has 1 aliphatic rings. The van der Waals surface area contributed by atoms with Crippen molar-refractivity contribution in [1.82, 2.24) is 0 Å². The normalized spacial score (nSPS) is 13.4. The lowest BCUT2D eigenvalue weighted by Crippen LogP contribution is -2.39. The van der Waals surface area contributed by atoms with Crippen LogP contribution in [0.15, 0.2) is 42.5 Å². The standard InChI is InChI=1S/C21H19ClN2O3S/c1-2-3-10-24-15-11-13(8-9-16(15)27-12-18(24)25)23-21(26)20-19(22)14-6-4-5-7-17(14)28-20/h4-9,11H,2-3,10,12H2,1H3,(H,23,26). The molecule has 2 aromatic carbocycles. The number of fused-ring (bicyclic) bond motifs is 2. The molecule has 2 heterocycles. The summed E-state index contributed by atoms with van der Waals surface area (Å²) < 4.78 is 6.49. The van der Waals surface area contributed by atoms with Crippen LogP contribution >= 0.6 is 22.9 Å². The number of unbranched alkanes of at least 4 members (excludes halogenated alkanes) is 1. The largest absolute Gasteiger partial charge is 0.482 e. The molecule has 0 aliphatic carbocycles. The summed E-state index contributed by atoms with van der Waals surface area (Å²) >= 11 is 7.77. The number of carbonyl (C=O) groups excluding carboxylic acids is 2. The minimum Gasteiger partial charge on any atom is -0.482 e. The number of rotatable bonds is 5. The lowest BCUT2D eigenvalue weighted by atomic mass is 10.2. The Hall–Kier alpha value is -2.57. The van der Waals surface area contributed by atoms with Gasteiger partial charge in [0.2, 0.25) is 0 Å².